The van der Waals surface area contributed by atoms with Crippen LogP contribution in [0.3, 0.4) is 0 Å². The lowest BCUT2D eigenvalue weighted by Crippen LogP contribution is -2.24. The minimum absolute atomic E-state index is 0.437. The molecule has 0 spiro atoms. The smallest absolute Gasteiger partial charge is 0.0592 e. The Balaban J connectivity index is 2.20. The summed E-state index contributed by atoms with van der Waals surface area (Å²) in [5.41, 5.74) is 6.64. The quantitative estimate of drug-likeness (QED) is 0.688. The van der Waals surface area contributed by atoms with E-state index in [2.05, 4.69) is 19.2 Å². The first-order chi connectivity index (χ1) is 8.26. The summed E-state index contributed by atoms with van der Waals surface area (Å²) in [5.74, 6) is 0.773. The SMILES string of the molecule is C=C/C=C\C(=C)CC1CCC(OCCN)CC1. The van der Waals surface area contributed by atoms with Gasteiger partial charge in [0.2, 0.25) is 0 Å². The standard InChI is InChI=1S/C15H25NO/c1-3-4-5-13(2)12-14-6-8-15(9-7-14)17-11-10-16/h3-5,14-15H,1-2,6-12,16H2/b5-4-. The molecule has 2 heteroatoms. The Labute approximate surface area is 105 Å². The molecular formula is C15H25NO. The van der Waals surface area contributed by atoms with Gasteiger partial charge in [-0.05, 0) is 38.0 Å². The summed E-state index contributed by atoms with van der Waals surface area (Å²) in [5, 5.41) is 0. The zero-order valence-electron chi connectivity index (χ0n) is 10.7. The van der Waals surface area contributed by atoms with Gasteiger partial charge < -0.3 is 10.5 Å². The number of hydrogen-bond donors (Lipinski definition) is 1. The van der Waals surface area contributed by atoms with Crippen LogP contribution in [0, 0.1) is 5.92 Å². The largest absolute Gasteiger partial charge is 0.377 e. The monoisotopic (exact) mass is 235 g/mol. The van der Waals surface area contributed by atoms with E-state index < -0.39 is 0 Å². The van der Waals surface area contributed by atoms with Crippen molar-refractivity contribution in [3.8, 4) is 0 Å². The average molecular weight is 235 g/mol. The van der Waals surface area contributed by atoms with Crippen LogP contribution in [0.1, 0.15) is 32.1 Å². The fourth-order valence-electron chi connectivity index (χ4n) is 2.38. The fraction of sp³-hybridized carbons (Fsp3) is 0.600. The molecule has 1 saturated carbocycles. The van der Waals surface area contributed by atoms with Crippen LogP contribution in [-0.4, -0.2) is 19.3 Å². The molecule has 0 aliphatic heterocycles. The molecule has 0 atom stereocenters. The number of allylic oxidation sites excluding steroid dienone is 4. The third-order valence-corrected chi connectivity index (χ3v) is 3.28. The third-order valence-electron chi connectivity index (χ3n) is 3.28. The molecule has 0 aromatic heterocycles. The lowest BCUT2D eigenvalue weighted by molar-refractivity contribution is 0.0227. The van der Waals surface area contributed by atoms with Gasteiger partial charge in [-0.1, -0.05) is 37.0 Å². The van der Waals surface area contributed by atoms with Crippen LogP contribution in [0.4, 0.5) is 0 Å². The van der Waals surface area contributed by atoms with E-state index in [0.29, 0.717) is 19.3 Å². The average Bonchev–Trinajstić information content (AvgIpc) is 2.35. The van der Waals surface area contributed by atoms with Crippen LogP contribution in [0.15, 0.2) is 37.0 Å². The molecule has 1 aliphatic carbocycles. The molecule has 1 rings (SSSR count). The van der Waals surface area contributed by atoms with Crippen molar-refractivity contribution in [2.45, 2.75) is 38.2 Å². The summed E-state index contributed by atoms with van der Waals surface area (Å²) in [4.78, 5) is 0. The van der Waals surface area contributed by atoms with E-state index in [1.165, 1.54) is 31.3 Å². The summed E-state index contributed by atoms with van der Waals surface area (Å²) >= 11 is 0. The molecule has 0 bridgehead atoms. The van der Waals surface area contributed by atoms with Crippen LogP contribution in [0.5, 0.6) is 0 Å². The lowest BCUT2D eigenvalue weighted by Gasteiger charge is -2.28. The third kappa shape index (κ3) is 5.85. The van der Waals surface area contributed by atoms with E-state index in [1.54, 1.807) is 6.08 Å². The molecule has 0 amide bonds. The van der Waals surface area contributed by atoms with Gasteiger partial charge in [-0.3, -0.25) is 0 Å². The number of nitrogens with two attached hydrogens (primary N) is 1. The van der Waals surface area contributed by atoms with E-state index in [4.69, 9.17) is 10.5 Å². The highest BCUT2D eigenvalue weighted by Gasteiger charge is 2.21. The predicted molar refractivity (Wildman–Crippen MR) is 73.8 cm³/mol. The fourth-order valence-corrected chi connectivity index (χ4v) is 2.38. The Kier molecular flexibility index (Phi) is 6.90. The maximum absolute atomic E-state index is 5.68. The van der Waals surface area contributed by atoms with Crippen molar-refractivity contribution in [2.24, 2.45) is 11.7 Å². The zero-order valence-corrected chi connectivity index (χ0v) is 10.7. The first-order valence-corrected chi connectivity index (χ1v) is 6.54. The molecule has 17 heavy (non-hydrogen) atoms. The predicted octanol–water partition coefficient (Wildman–Crippen LogP) is 3.21. The highest BCUT2D eigenvalue weighted by Crippen LogP contribution is 2.30. The molecule has 0 aromatic carbocycles. The number of hydrogen-bond acceptors (Lipinski definition) is 2. The van der Waals surface area contributed by atoms with Crippen LogP contribution in [0.2, 0.25) is 0 Å². The van der Waals surface area contributed by atoms with E-state index in [0.717, 1.165) is 12.3 Å². The van der Waals surface area contributed by atoms with Gasteiger partial charge in [-0.25, -0.2) is 0 Å². The van der Waals surface area contributed by atoms with Crippen molar-refractivity contribution in [1.29, 1.82) is 0 Å². The highest BCUT2D eigenvalue weighted by atomic mass is 16.5. The second kappa shape index (κ2) is 8.26. The first kappa shape index (κ1) is 14.2. The van der Waals surface area contributed by atoms with Gasteiger partial charge in [0, 0.05) is 6.54 Å². The van der Waals surface area contributed by atoms with Crippen molar-refractivity contribution in [1.82, 2.24) is 0 Å². The Morgan fingerprint density at radius 1 is 1.29 bits per heavy atom. The van der Waals surface area contributed by atoms with Crippen molar-refractivity contribution in [3.63, 3.8) is 0 Å². The van der Waals surface area contributed by atoms with Gasteiger partial charge in [-0.15, -0.1) is 0 Å². The maximum atomic E-state index is 5.68. The van der Waals surface area contributed by atoms with Gasteiger partial charge >= 0.3 is 0 Å². The zero-order chi connectivity index (χ0) is 12.5. The summed E-state index contributed by atoms with van der Waals surface area (Å²) < 4.78 is 5.68. The van der Waals surface area contributed by atoms with Gasteiger partial charge in [0.1, 0.15) is 0 Å². The minimum Gasteiger partial charge on any atom is -0.377 e. The molecule has 1 aliphatic rings. The van der Waals surface area contributed by atoms with Crippen molar-refractivity contribution >= 4 is 0 Å². The second-order valence-electron chi connectivity index (χ2n) is 4.76. The van der Waals surface area contributed by atoms with E-state index in [-0.39, 0.29) is 0 Å². The van der Waals surface area contributed by atoms with Crippen LogP contribution < -0.4 is 5.73 Å². The number of ether oxygens (including phenoxy) is 1. The molecule has 0 aromatic rings. The Morgan fingerprint density at radius 2 is 2.00 bits per heavy atom. The Hall–Kier alpha value is -0.860. The van der Waals surface area contributed by atoms with Crippen LogP contribution in [0.25, 0.3) is 0 Å². The Bertz CT molecular complexity index is 262. The van der Waals surface area contributed by atoms with Gasteiger partial charge in [0.25, 0.3) is 0 Å². The maximum Gasteiger partial charge on any atom is 0.0592 e. The van der Waals surface area contributed by atoms with Gasteiger partial charge in [-0.2, -0.15) is 0 Å². The van der Waals surface area contributed by atoms with Crippen molar-refractivity contribution < 1.29 is 4.74 Å². The molecule has 2 nitrogen and oxygen atoms in total. The minimum atomic E-state index is 0.437. The van der Waals surface area contributed by atoms with Crippen molar-refractivity contribution in [2.75, 3.05) is 13.2 Å². The van der Waals surface area contributed by atoms with E-state index in [1.807, 2.05) is 6.08 Å². The van der Waals surface area contributed by atoms with E-state index >= 15 is 0 Å². The summed E-state index contributed by atoms with van der Waals surface area (Å²) in [6.45, 7) is 9.06. The molecule has 2 N–H and O–H groups in total. The summed E-state index contributed by atoms with van der Waals surface area (Å²) in [6.07, 6.45) is 12.2. The lowest BCUT2D eigenvalue weighted by atomic mass is 9.83. The van der Waals surface area contributed by atoms with Gasteiger partial charge in [0.05, 0.1) is 12.7 Å². The molecule has 0 saturated heterocycles. The molecule has 0 heterocycles. The molecule has 1 fully saturated rings. The van der Waals surface area contributed by atoms with E-state index in [9.17, 15) is 0 Å². The Morgan fingerprint density at radius 3 is 2.59 bits per heavy atom. The summed E-state index contributed by atoms with van der Waals surface area (Å²) in [6, 6.07) is 0. The molecular weight excluding hydrogens is 210 g/mol. The second-order valence-corrected chi connectivity index (χ2v) is 4.76. The summed E-state index contributed by atoms with van der Waals surface area (Å²) in [7, 11) is 0. The van der Waals surface area contributed by atoms with Crippen molar-refractivity contribution in [3.05, 3.63) is 37.0 Å². The first-order valence-electron chi connectivity index (χ1n) is 6.54. The molecule has 0 unspecified atom stereocenters. The molecule has 0 radical (unpaired) electrons. The highest BCUT2D eigenvalue weighted by molar-refractivity contribution is 5.18. The normalized spacial score (nSPS) is 25.0. The van der Waals surface area contributed by atoms with Crippen LogP contribution >= 0.6 is 0 Å². The van der Waals surface area contributed by atoms with Crippen LogP contribution in [-0.2, 0) is 4.74 Å². The number of rotatable bonds is 7. The topological polar surface area (TPSA) is 35.2 Å². The van der Waals surface area contributed by atoms with Gasteiger partial charge in [0.15, 0.2) is 0 Å². The molecule has 96 valence electrons.